The lowest BCUT2D eigenvalue weighted by atomic mass is 9.80. The van der Waals surface area contributed by atoms with Gasteiger partial charge in [-0.1, -0.05) is 19.1 Å². The molecule has 3 nitrogen and oxygen atoms in total. The molecule has 0 N–H and O–H groups in total. The van der Waals surface area contributed by atoms with Gasteiger partial charge in [-0.15, -0.1) is 0 Å². The van der Waals surface area contributed by atoms with E-state index in [1.54, 1.807) is 0 Å². The normalized spacial score (nSPS) is 32.5. The first kappa shape index (κ1) is 27.4. The molecule has 2 unspecified atom stereocenters. The van der Waals surface area contributed by atoms with E-state index in [4.69, 9.17) is 14.2 Å². The molecule has 2 saturated carbocycles. The summed E-state index contributed by atoms with van der Waals surface area (Å²) in [6.07, 6.45) is 1.82. The van der Waals surface area contributed by atoms with Crippen LogP contribution in [0.15, 0.2) is 36.4 Å². The van der Waals surface area contributed by atoms with Gasteiger partial charge >= 0.3 is 12.2 Å². The monoisotopic (exact) mass is 516 g/mol. The van der Waals surface area contributed by atoms with Crippen molar-refractivity contribution >= 4 is 0 Å². The number of hydrogen-bond acceptors (Lipinski definition) is 3. The van der Waals surface area contributed by atoms with Crippen LogP contribution in [0.1, 0.15) is 71.1 Å². The standard InChI is InChI=1S/C28H37F5O3/c1-19-2-17-26(34-18-19)28(32,33)36-24-13-7-21(8-14-24)4-3-20-5-9-22(10-6-20)27(30,31)35-25-15-11-23(29)12-16-25/h3-4,11-12,15-16,19-22,24,26H,2,5-10,13-14,17-18H2,1H3/b4-3+. The van der Waals surface area contributed by atoms with Crippen LogP contribution in [0.2, 0.25) is 0 Å². The number of ether oxygens (including phenoxy) is 3. The van der Waals surface area contributed by atoms with Gasteiger partial charge in [0.05, 0.1) is 12.0 Å². The lowest BCUT2D eigenvalue weighted by molar-refractivity contribution is -0.326. The fourth-order valence-electron chi connectivity index (χ4n) is 5.55. The first-order chi connectivity index (χ1) is 17.1. The molecule has 1 saturated heterocycles. The summed E-state index contributed by atoms with van der Waals surface area (Å²) in [6.45, 7) is 2.34. The lowest BCUT2D eigenvalue weighted by Gasteiger charge is -2.36. The third-order valence-corrected chi connectivity index (χ3v) is 7.89. The lowest BCUT2D eigenvalue weighted by Crippen LogP contribution is -2.44. The molecule has 1 aromatic rings. The van der Waals surface area contributed by atoms with Crippen molar-refractivity contribution < 1.29 is 36.2 Å². The van der Waals surface area contributed by atoms with E-state index in [9.17, 15) is 22.0 Å². The van der Waals surface area contributed by atoms with Crippen molar-refractivity contribution in [2.45, 2.75) is 95.6 Å². The maximum absolute atomic E-state index is 14.6. The Morgan fingerprint density at radius 2 is 1.36 bits per heavy atom. The molecule has 36 heavy (non-hydrogen) atoms. The van der Waals surface area contributed by atoms with E-state index in [2.05, 4.69) is 12.2 Å². The van der Waals surface area contributed by atoms with Crippen LogP contribution >= 0.6 is 0 Å². The van der Waals surface area contributed by atoms with Crippen LogP contribution in [0.25, 0.3) is 0 Å². The Morgan fingerprint density at radius 1 is 0.778 bits per heavy atom. The zero-order valence-corrected chi connectivity index (χ0v) is 20.8. The molecule has 4 rings (SSSR count). The summed E-state index contributed by atoms with van der Waals surface area (Å²) in [5.41, 5.74) is 0. The molecule has 1 aliphatic heterocycles. The van der Waals surface area contributed by atoms with Gasteiger partial charge in [0.2, 0.25) is 0 Å². The number of halogens is 5. The fourth-order valence-corrected chi connectivity index (χ4v) is 5.55. The topological polar surface area (TPSA) is 27.7 Å². The summed E-state index contributed by atoms with van der Waals surface area (Å²) in [6, 6.07) is 4.62. The van der Waals surface area contributed by atoms with Crippen LogP contribution in [0.3, 0.4) is 0 Å². The summed E-state index contributed by atoms with van der Waals surface area (Å²) >= 11 is 0. The van der Waals surface area contributed by atoms with Gasteiger partial charge in [-0.3, -0.25) is 0 Å². The average Bonchev–Trinajstić information content (AvgIpc) is 2.85. The highest BCUT2D eigenvalue weighted by atomic mass is 19.3. The van der Waals surface area contributed by atoms with Crippen molar-refractivity contribution in [2.24, 2.45) is 23.7 Å². The molecule has 0 radical (unpaired) electrons. The molecule has 2 atom stereocenters. The van der Waals surface area contributed by atoms with E-state index < -0.39 is 36.2 Å². The predicted octanol–water partition coefficient (Wildman–Crippen LogP) is 8.14. The van der Waals surface area contributed by atoms with Gasteiger partial charge < -0.3 is 14.2 Å². The maximum Gasteiger partial charge on any atom is 0.400 e. The zero-order valence-electron chi connectivity index (χ0n) is 20.8. The molecule has 2 aliphatic carbocycles. The number of alkyl halides is 4. The largest absolute Gasteiger partial charge is 0.432 e. The second-order valence-electron chi connectivity index (χ2n) is 10.8. The second-order valence-corrected chi connectivity index (χ2v) is 10.8. The highest BCUT2D eigenvalue weighted by Crippen LogP contribution is 2.41. The first-order valence-electron chi connectivity index (χ1n) is 13.3. The van der Waals surface area contributed by atoms with Crippen LogP contribution < -0.4 is 4.74 Å². The molecule has 0 spiro atoms. The van der Waals surface area contributed by atoms with E-state index in [1.807, 2.05) is 6.92 Å². The summed E-state index contributed by atoms with van der Waals surface area (Å²) in [5, 5.41) is 0. The summed E-state index contributed by atoms with van der Waals surface area (Å²) < 4.78 is 86.6. The van der Waals surface area contributed by atoms with Crippen molar-refractivity contribution in [1.29, 1.82) is 0 Å². The van der Waals surface area contributed by atoms with Gasteiger partial charge in [-0.05, 0) is 106 Å². The zero-order chi connectivity index (χ0) is 25.8. The van der Waals surface area contributed by atoms with Crippen LogP contribution in [-0.4, -0.2) is 31.0 Å². The van der Waals surface area contributed by atoms with Crippen molar-refractivity contribution in [3.63, 3.8) is 0 Å². The Kier molecular flexibility index (Phi) is 8.97. The minimum atomic E-state index is -3.30. The SMILES string of the molecule is CC1CCC(C(F)(F)OC2CCC(/C=C/C3CCC(C(F)(F)Oc4ccc(F)cc4)CC3)CC2)OC1. The molecule has 0 bridgehead atoms. The van der Waals surface area contributed by atoms with Crippen LogP contribution in [0, 0.1) is 29.5 Å². The summed E-state index contributed by atoms with van der Waals surface area (Å²) in [4.78, 5) is 0. The molecular weight excluding hydrogens is 479 g/mol. The quantitative estimate of drug-likeness (QED) is 0.258. The van der Waals surface area contributed by atoms with E-state index in [1.165, 1.54) is 12.1 Å². The Bertz CT molecular complexity index is 835. The Labute approximate surface area is 210 Å². The minimum absolute atomic E-state index is 0.0402. The molecule has 3 fully saturated rings. The van der Waals surface area contributed by atoms with E-state index in [-0.39, 0.29) is 11.7 Å². The molecule has 1 aromatic carbocycles. The van der Waals surface area contributed by atoms with Crippen molar-refractivity contribution in [2.75, 3.05) is 6.61 Å². The fraction of sp³-hybridized carbons (Fsp3) is 0.714. The molecular formula is C28H37F5O3. The van der Waals surface area contributed by atoms with Crippen molar-refractivity contribution in [1.82, 2.24) is 0 Å². The highest BCUT2D eigenvalue weighted by Gasteiger charge is 2.46. The van der Waals surface area contributed by atoms with Gasteiger partial charge in [0.15, 0.2) is 0 Å². The van der Waals surface area contributed by atoms with E-state index >= 15 is 0 Å². The van der Waals surface area contributed by atoms with Gasteiger partial charge in [0.1, 0.15) is 17.7 Å². The molecule has 8 heteroatoms. The predicted molar refractivity (Wildman–Crippen MR) is 126 cm³/mol. The van der Waals surface area contributed by atoms with E-state index in [0.29, 0.717) is 63.4 Å². The van der Waals surface area contributed by atoms with Crippen molar-refractivity contribution in [3.05, 3.63) is 42.2 Å². The van der Waals surface area contributed by atoms with Gasteiger partial charge in [0, 0.05) is 6.61 Å². The third-order valence-electron chi connectivity index (χ3n) is 7.89. The third kappa shape index (κ3) is 7.44. The van der Waals surface area contributed by atoms with E-state index in [0.717, 1.165) is 31.4 Å². The number of hydrogen-bond donors (Lipinski definition) is 0. The second kappa shape index (κ2) is 11.8. The molecule has 3 aliphatic rings. The first-order valence-corrected chi connectivity index (χ1v) is 13.3. The molecule has 0 amide bonds. The molecule has 0 aromatic heterocycles. The smallest absolute Gasteiger partial charge is 0.400 e. The summed E-state index contributed by atoms with van der Waals surface area (Å²) in [5.74, 6) is -0.584. The van der Waals surface area contributed by atoms with Crippen molar-refractivity contribution in [3.8, 4) is 5.75 Å². The Morgan fingerprint density at radius 3 is 1.92 bits per heavy atom. The number of benzene rings is 1. The Hall–Kier alpha value is -1.67. The van der Waals surface area contributed by atoms with Gasteiger partial charge in [-0.25, -0.2) is 4.39 Å². The minimum Gasteiger partial charge on any atom is -0.432 e. The van der Waals surface area contributed by atoms with Crippen LogP contribution in [-0.2, 0) is 9.47 Å². The number of rotatable bonds is 8. The molecule has 1 heterocycles. The van der Waals surface area contributed by atoms with Crippen LogP contribution in [0.4, 0.5) is 22.0 Å². The number of allylic oxidation sites excluding steroid dienone is 2. The average molecular weight is 517 g/mol. The maximum atomic E-state index is 14.6. The highest BCUT2D eigenvalue weighted by molar-refractivity contribution is 5.22. The van der Waals surface area contributed by atoms with Gasteiger partial charge in [-0.2, -0.15) is 17.6 Å². The van der Waals surface area contributed by atoms with Crippen LogP contribution in [0.5, 0.6) is 5.75 Å². The van der Waals surface area contributed by atoms with Gasteiger partial charge in [0.25, 0.3) is 0 Å². The summed E-state index contributed by atoms with van der Waals surface area (Å²) in [7, 11) is 0. The Balaban J connectivity index is 1.17. The molecule has 202 valence electrons.